The molecule has 4 rings (SSSR count). The van der Waals surface area contributed by atoms with Gasteiger partial charge in [-0.2, -0.15) is 0 Å². The van der Waals surface area contributed by atoms with E-state index in [1.54, 1.807) is 0 Å². The van der Waals surface area contributed by atoms with Crippen LogP contribution in [0.4, 0.5) is 0 Å². The lowest BCUT2D eigenvalue weighted by Crippen LogP contribution is -2.35. The van der Waals surface area contributed by atoms with Crippen LogP contribution in [0.3, 0.4) is 0 Å². The van der Waals surface area contributed by atoms with E-state index in [9.17, 15) is 19.2 Å². The summed E-state index contributed by atoms with van der Waals surface area (Å²) >= 11 is 37.6. The van der Waals surface area contributed by atoms with E-state index >= 15 is 0 Å². The molecule has 6 atom stereocenters. The molecule has 0 bridgehead atoms. The molecule has 2 fully saturated rings. The summed E-state index contributed by atoms with van der Waals surface area (Å²) in [4.78, 5) is 52.6. The predicted octanol–water partition coefficient (Wildman–Crippen LogP) is 10.6. The second-order valence-electron chi connectivity index (χ2n) is 12.5. The predicted molar refractivity (Wildman–Crippen MR) is 186 cm³/mol. The number of halogens is 6. The summed E-state index contributed by atoms with van der Waals surface area (Å²) < 4.78 is 21.5. The van der Waals surface area contributed by atoms with E-state index in [0.717, 1.165) is 50.7 Å². The van der Waals surface area contributed by atoms with Crippen LogP contribution in [0.5, 0.6) is 11.5 Å². The number of hydrogen-bond acceptors (Lipinski definition) is 8. The van der Waals surface area contributed by atoms with E-state index in [1.165, 1.54) is 0 Å². The van der Waals surface area contributed by atoms with Gasteiger partial charge in [-0.15, -0.1) is 0 Å². The van der Waals surface area contributed by atoms with Crippen LogP contribution in [-0.4, -0.2) is 37.1 Å². The third-order valence-corrected chi connectivity index (χ3v) is 11.9. The summed E-state index contributed by atoms with van der Waals surface area (Å²) in [7, 11) is 0. The van der Waals surface area contributed by atoms with Crippen molar-refractivity contribution in [2.45, 2.75) is 66.2 Å². The van der Waals surface area contributed by atoms with Crippen LogP contribution in [0, 0.1) is 35.5 Å². The highest BCUT2D eigenvalue weighted by Gasteiger charge is 2.38. The van der Waals surface area contributed by atoms with Crippen molar-refractivity contribution in [1.82, 2.24) is 0 Å². The summed E-state index contributed by atoms with van der Waals surface area (Å²) in [5, 5.41) is -1.42. The molecule has 0 saturated heterocycles. The normalized spacial score (nSPS) is 21.3. The second-order valence-corrected chi connectivity index (χ2v) is 14.9. The molecule has 0 heterocycles. The molecule has 0 aromatic heterocycles. The Kier molecular flexibility index (Phi) is 13.6. The Hall–Kier alpha value is -1.94. The number of carbonyl (C=O) groups is 4. The fourth-order valence-electron chi connectivity index (χ4n) is 6.21. The van der Waals surface area contributed by atoms with Crippen molar-refractivity contribution >= 4 is 93.5 Å². The molecule has 8 nitrogen and oxygen atoms in total. The van der Waals surface area contributed by atoms with E-state index in [2.05, 4.69) is 27.7 Å². The molecule has 2 aliphatic rings. The molecule has 0 amide bonds. The SMILES string of the molecule is CCC(C)C1CCC1COC(=O)c1c(Cl)c(Cl)cc(Cl)c1OC(=O)C(=O)Oc1c(Cl)cc(Cl)c(Cl)c1C(=O)OCC1CCC1C(C)CC. The van der Waals surface area contributed by atoms with E-state index in [1.807, 2.05) is 0 Å². The van der Waals surface area contributed by atoms with E-state index < -0.39 is 46.5 Å². The molecule has 0 radical (unpaired) electrons. The molecule has 2 aromatic rings. The summed E-state index contributed by atoms with van der Waals surface area (Å²) in [6.07, 6.45) is 5.85. The van der Waals surface area contributed by atoms with Crippen LogP contribution in [0.15, 0.2) is 12.1 Å². The highest BCUT2D eigenvalue weighted by Crippen LogP contribution is 2.45. The lowest BCUT2D eigenvalue weighted by molar-refractivity contribution is -0.156. The maximum absolute atomic E-state index is 13.2. The topological polar surface area (TPSA) is 105 Å². The molecule has 0 spiro atoms. The quantitative estimate of drug-likeness (QED) is 0.0907. The van der Waals surface area contributed by atoms with Gasteiger partial charge in [0.1, 0.15) is 11.1 Å². The Morgan fingerprint density at radius 2 is 0.979 bits per heavy atom. The van der Waals surface area contributed by atoms with Crippen molar-refractivity contribution in [3.63, 3.8) is 0 Å². The minimum absolute atomic E-state index is 0.109. The molecule has 2 aliphatic carbocycles. The van der Waals surface area contributed by atoms with Crippen molar-refractivity contribution in [3.8, 4) is 11.5 Å². The summed E-state index contributed by atoms with van der Waals surface area (Å²) in [6, 6.07) is 2.28. The van der Waals surface area contributed by atoms with Gasteiger partial charge in [0.05, 0.1) is 43.3 Å². The average Bonchev–Trinajstić information content (AvgIpc) is 3.01. The van der Waals surface area contributed by atoms with Gasteiger partial charge in [-0.05, 0) is 73.3 Å². The van der Waals surface area contributed by atoms with Crippen molar-refractivity contribution in [3.05, 3.63) is 53.4 Å². The number of esters is 4. The first kappa shape index (κ1) is 38.9. The minimum Gasteiger partial charge on any atom is -0.462 e. The zero-order valence-corrected chi connectivity index (χ0v) is 31.3. The third kappa shape index (κ3) is 8.50. The first-order chi connectivity index (χ1) is 22.7. The largest absolute Gasteiger partial charge is 0.462 e. The summed E-state index contributed by atoms with van der Waals surface area (Å²) in [5.41, 5.74) is -0.892. The van der Waals surface area contributed by atoms with E-state index in [0.29, 0.717) is 23.7 Å². The minimum atomic E-state index is -1.63. The number of carbonyl (C=O) groups excluding carboxylic acids is 4. The van der Waals surface area contributed by atoms with Gasteiger partial charge < -0.3 is 18.9 Å². The Morgan fingerprint density at radius 1 is 0.625 bits per heavy atom. The summed E-state index contributed by atoms with van der Waals surface area (Å²) in [6.45, 7) is 8.73. The van der Waals surface area contributed by atoms with Crippen LogP contribution < -0.4 is 9.47 Å². The lowest BCUT2D eigenvalue weighted by Gasteiger charge is -2.40. The van der Waals surface area contributed by atoms with Crippen LogP contribution in [0.1, 0.15) is 86.9 Å². The molecule has 262 valence electrons. The molecule has 2 saturated carbocycles. The molecule has 0 aliphatic heterocycles. The van der Waals surface area contributed by atoms with Gasteiger partial charge in [-0.3, -0.25) is 0 Å². The van der Waals surface area contributed by atoms with Gasteiger partial charge in [0, 0.05) is 0 Å². The lowest BCUT2D eigenvalue weighted by atomic mass is 9.67. The van der Waals surface area contributed by atoms with Gasteiger partial charge in [-0.1, -0.05) is 110 Å². The Balaban J connectivity index is 1.51. The first-order valence-corrected chi connectivity index (χ1v) is 18.1. The smallest absolute Gasteiger partial charge is 0.423 e. The monoisotopic (exact) mass is 782 g/mol. The number of rotatable bonds is 12. The maximum atomic E-state index is 13.2. The highest BCUT2D eigenvalue weighted by atomic mass is 35.5. The van der Waals surface area contributed by atoms with Gasteiger partial charge in [-0.25, -0.2) is 19.2 Å². The van der Waals surface area contributed by atoms with Gasteiger partial charge in [0.25, 0.3) is 0 Å². The Labute approximate surface area is 309 Å². The van der Waals surface area contributed by atoms with E-state index in [-0.39, 0.29) is 55.2 Å². The Bertz CT molecular complexity index is 1460. The molecule has 48 heavy (non-hydrogen) atoms. The van der Waals surface area contributed by atoms with Crippen molar-refractivity contribution in [2.24, 2.45) is 35.5 Å². The fourth-order valence-corrected chi connectivity index (χ4v) is 7.65. The molecule has 0 N–H and O–H groups in total. The number of hydrogen-bond donors (Lipinski definition) is 0. The molecule has 14 heteroatoms. The summed E-state index contributed by atoms with van der Waals surface area (Å²) in [5.74, 6) is -4.24. The van der Waals surface area contributed by atoms with Crippen LogP contribution in [-0.2, 0) is 19.1 Å². The van der Waals surface area contributed by atoms with Crippen molar-refractivity contribution < 1.29 is 38.1 Å². The van der Waals surface area contributed by atoms with Crippen LogP contribution in [0.2, 0.25) is 30.1 Å². The first-order valence-electron chi connectivity index (χ1n) is 15.8. The second kappa shape index (κ2) is 16.8. The fraction of sp³-hybridized carbons (Fsp3) is 0.529. The molecule has 2 aromatic carbocycles. The van der Waals surface area contributed by atoms with Crippen LogP contribution in [0.25, 0.3) is 0 Å². The zero-order valence-electron chi connectivity index (χ0n) is 26.8. The number of ether oxygens (including phenoxy) is 4. The van der Waals surface area contributed by atoms with Crippen molar-refractivity contribution in [1.29, 1.82) is 0 Å². The van der Waals surface area contributed by atoms with Crippen molar-refractivity contribution in [2.75, 3.05) is 13.2 Å². The van der Waals surface area contributed by atoms with Gasteiger partial charge >= 0.3 is 23.9 Å². The van der Waals surface area contributed by atoms with E-state index in [4.69, 9.17) is 88.6 Å². The third-order valence-electron chi connectivity index (χ3n) is 9.78. The number of benzene rings is 2. The highest BCUT2D eigenvalue weighted by molar-refractivity contribution is 6.47. The molecular formula is C34H36Cl6O8. The maximum Gasteiger partial charge on any atom is 0.423 e. The standard InChI is InChI=1S/C34H36Cl6O8/c1-5-15(3)19-9-7-17(19)13-45-31(41)25-27(39)21(35)11-23(37)29(25)47-33(43)34(44)48-30-24(38)12-22(36)28(40)26(30)32(42)46-14-18-8-10-20(18)16(4)6-2/h11-12,15-20H,5-10,13-14H2,1-4H3. The zero-order chi connectivity index (χ0) is 35.4. The van der Waals surface area contributed by atoms with Crippen LogP contribution >= 0.6 is 69.6 Å². The molecular weight excluding hydrogens is 749 g/mol. The van der Waals surface area contributed by atoms with Gasteiger partial charge in [0.15, 0.2) is 11.5 Å². The van der Waals surface area contributed by atoms with Gasteiger partial charge in [0.2, 0.25) is 0 Å². The molecule has 6 unspecified atom stereocenters. The average molecular weight is 785 g/mol. The Morgan fingerprint density at radius 3 is 1.27 bits per heavy atom.